The zero-order valence-electron chi connectivity index (χ0n) is 16.1. The number of hydrogen-bond acceptors (Lipinski definition) is 4. The summed E-state index contributed by atoms with van der Waals surface area (Å²) in [4.78, 5) is 37.1. The molecule has 0 heterocycles. The molecule has 0 saturated carbocycles. The lowest BCUT2D eigenvalue weighted by molar-refractivity contribution is -0.125. The monoisotopic (exact) mass is 367 g/mol. The molecular weight excluding hydrogens is 342 g/mol. The number of amides is 1. The van der Waals surface area contributed by atoms with Crippen LogP contribution < -0.4 is 5.32 Å². The molecule has 0 saturated heterocycles. The molecule has 27 heavy (non-hydrogen) atoms. The second kappa shape index (κ2) is 9.12. The Kier molecular flexibility index (Phi) is 6.88. The molecule has 0 fully saturated rings. The number of carbonyl (C=O) groups excluding carboxylic acids is 3. The summed E-state index contributed by atoms with van der Waals surface area (Å²) in [6.07, 6.45) is 0. The van der Waals surface area contributed by atoms with Crippen molar-refractivity contribution < 1.29 is 19.1 Å². The number of aryl methyl sites for hydroxylation is 1. The molecule has 142 valence electrons. The van der Waals surface area contributed by atoms with Crippen molar-refractivity contribution in [2.24, 2.45) is 5.92 Å². The number of nitrogens with one attached hydrogen (secondary N) is 1. The van der Waals surface area contributed by atoms with E-state index in [0.717, 1.165) is 5.56 Å². The first-order valence-corrected chi connectivity index (χ1v) is 8.96. The summed E-state index contributed by atoms with van der Waals surface area (Å²) in [5, 5.41) is 2.77. The van der Waals surface area contributed by atoms with Crippen LogP contribution in [0.2, 0.25) is 0 Å². The highest BCUT2D eigenvalue weighted by Gasteiger charge is 2.20. The van der Waals surface area contributed by atoms with Gasteiger partial charge in [0, 0.05) is 17.2 Å². The molecule has 2 aromatic rings. The minimum Gasteiger partial charge on any atom is -0.452 e. The molecule has 2 rings (SSSR count). The van der Waals surface area contributed by atoms with Gasteiger partial charge in [0.25, 0.3) is 5.91 Å². The number of rotatable bonds is 7. The molecule has 1 atom stereocenters. The van der Waals surface area contributed by atoms with Crippen LogP contribution in [0.15, 0.2) is 48.5 Å². The van der Waals surface area contributed by atoms with E-state index in [9.17, 15) is 14.4 Å². The van der Waals surface area contributed by atoms with Gasteiger partial charge in [-0.3, -0.25) is 9.59 Å². The molecule has 0 aliphatic heterocycles. The molecule has 0 bridgehead atoms. The van der Waals surface area contributed by atoms with Gasteiger partial charge in [-0.1, -0.05) is 61.9 Å². The molecule has 0 aromatic heterocycles. The SMILES string of the molecule is Cc1ccc(C(=O)c2ccccc2C(=O)OCC(=O)N[C@H](C)C(C)C)cc1. The molecule has 5 nitrogen and oxygen atoms in total. The average Bonchev–Trinajstić information content (AvgIpc) is 2.66. The van der Waals surface area contributed by atoms with Crippen LogP contribution in [0.1, 0.15) is 52.6 Å². The van der Waals surface area contributed by atoms with Crippen LogP contribution in [-0.2, 0) is 9.53 Å². The fourth-order valence-electron chi connectivity index (χ4n) is 2.39. The fraction of sp³-hybridized carbons (Fsp3) is 0.318. The molecule has 5 heteroatoms. The van der Waals surface area contributed by atoms with E-state index in [1.54, 1.807) is 30.3 Å². The Balaban J connectivity index is 2.10. The predicted octanol–water partition coefficient (Wildman–Crippen LogP) is 3.54. The second-order valence-electron chi connectivity index (χ2n) is 6.92. The normalized spacial score (nSPS) is 11.7. The van der Waals surface area contributed by atoms with Gasteiger partial charge in [0.1, 0.15) is 0 Å². The van der Waals surface area contributed by atoms with Crippen molar-refractivity contribution >= 4 is 17.7 Å². The first kappa shape index (κ1) is 20.4. The van der Waals surface area contributed by atoms with Crippen LogP contribution >= 0.6 is 0 Å². The topological polar surface area (TPSA) is 72.5 Å². The summed E-state index contributed by atoms with van der Waals surface area (Å²) < 4.78 is 5.11. The summed E-state index contributed by atoms with van der Waals surface area (Å²) >= 11 is 0. The third-order valence-electron chi connectivity index (χ3n) is 4.43. The van der Waals surface area contributed by atoms with Gasteiger partial charge in [-0.15, -0.1) is 0 Å². The van der Waals surface area contributed by atoms with Crippen molar-refractivity contribution in [1.29, 1.82) is 0 Å². The molecule has 0 unspecified atom stereocenters. The van der Waals surface area contributed by atoms with Gasteiger partial charge in [-0.05, 0) is 25.8 Å². The number of ketones is 1. The van der Waals surface area contributed by atoms with Gasteiger partial charge in [-0.25, -0.2) is 4.79 Å². The predicted molar refractivity (Wildman–Crippen MR) is 104 cm³/mol. The largest absolute Gasteiger partial charge is 0.452 e. The maximum atomic E-state index is 12.8. The molecule has 1 N–H and O–H groups in total. The van der Waals surface area contributed by atoms with Crippen LogP contribution in [0, 0.1) is 12.8 Å². The van der Waals surface area contributed by atoms with Crippen LogP contribution in [-0.4, -0.2) is 30.3 Å². The summed E-state index contributed by atoms with van der Waals surface area (Å²) in [7, 11) is 0. The van der Waals surface area contributed by atoms with Gasteiger partial charge in [-0.2, -0.15) is 0 Å². The Morgan fingerprint density at radius 2 is 1.52 bits per heavy atom. The molecule has 0 radical (unpaired) electrons. The van der Waals surface area contributed by atoms with Crippen molar-refractivity contribution in [3.05, 3.63) is 70.8 Å². The van der Waals surface area contributed by atoms with Crippen molar-refractivity contribution in [1.82, 2.24) is 5.32 Å². The van der Waals surface area contributed by atoms with E-state index in [-0.39, 0.29) is 41.4 Å². The smallest absolute Gasteiger partial charge is 0.339 e. The van der Waals surface area contributed by atoms with Gasteiger partial charge in [0.05, 0.1) is 5.56 Å². The third-order valence-corrected chi connectivity index (χ3v) is 4.43. The fourth-order valence-corrected chi connectivity index (χ4v) is 2.39. The number of hydrogen-bond donors (Lipinski definition) is 1. The Morgan fingerprint density at radius 3 is 2.11 bits per heavy atom. The molecule has 0 aliphatic carbocycles. The maximum absolute atomic E-state index is 12.8. The Labute approximate surface area is 159 Å². The van der Waals surface area contributed by atoms with Crippen molar-refractivity contribution in [2.45, 2.75) is 33.7 Å². The highest BCUT2D eigenvalue weighted by molar-refractivity contribution is 6.14. The van der Waals surface area contributed by atoms with Gasteiger partial charge in [0.2, 0.25) is 0 Å². The van der Waals surface area contributed by atoms with E-state index < -0.39 is 5.97 Å². The second-order valence-corrected chi connectivity index (χ2v) is 6.92. The van der Waals surface area contributed by atoms with E-state index in [2.05, 4.69) is 5.32 Å². The summed E-state index contributed by atoms with van der Waals surface area (Å²) in [5.74, 6) is -1.05. The first-order valence-electron chi connectivity index (χ1n) is 8.96. The van der Waals surface area contributed by atoms with Crippen molar-refractivity contribution in [2.75, 3.05) is 6.61 Å². The van der Waals surface area contributed by atoms with E-state index in [0.29, 0.717) is 5.56 Å². The van der Waals surface area contributed by atoms with Gasteiger partial charge < -0.3 is 10.1 Å². The molecule has 0 aliphatic rings. The molecule has 0 spiro atoms. The minimum absolute atomic E-state index is 0.0217. The minimum atomic E-state index is -0.696. The van der Waals surface area contributed by atoms with Crippen LogP contribution in [0.25, 0.3) is 0 Å². The zero-order valence-corrected chi connectivity index (χ0v) is 16.1. The Bertz CT molecular complexity index is 824. The van der Waals surface area contributed by atoms with E-state index in [1.807, 2.05) is 39.8 Å². The van der Waals surface area contributed by atoms with E-state index in [1.165, 1.54) is 6.07 Å². The lowest BCUT2D eigenvalue weighted by Gasteiger charge is -2.17. The summed E-state index contributed by atoms with van der Waals surface area (Å²) in [6, 6.07) is 13.6. The number of ether oxygens (including phenoxy) is 1. The highest BCUT2D eigenvalue weighted by Crippen LogP contribution is 2.16. The number of benzene rings is 2. The number of carbonyl (C=O) groups is 3. The maximum Gasteiger partial charge on any atom is 0.339 e. The molecular formula is C22H25NO4. The Morgan fingerprint density at radius 1 is 0.926 bits per heavy atom. The molecule has 2 aromatic carbocycles. The average molecular weight is 367 g/mol. The van der Waals surface area contributed by atoms with E-state index in [4.69, 9.17) is 4.74 Å². The quantitative estimate of drug-likeness (QED) is 0.600. The van der Waals surface area contributed by atoms with Crippen molar-refractivity contribution in [3.63, 3.8) is 0 Å². The van der Waals surface area contributed by atoms with Gasteiger partial charge >= 0.3 is 5.97 Å². The van der Waals surface area contributed by atoms with Crippen LogP contribution in [0.5, 0.6) is 0 Å². The third kappa shape index (κ3) is 5.51. The van der Waals surface area contributed by atoms with Crippen LogP contribution in [0.3, 0.4) is 0 Å². The molecule has 1 amide bonds. The zero-order chi connectivity index (χ0) is 20.0. The van der Waals surface area contributed by atoms with Crippen LogP contribution in [0.4, 0.5) is 0 Å². The summed E-state index contributed by atoms with van der Waals surface area (Å²) in [6.45, 7) is 7.42. The Hall–Kier alpha value is -2.95. The lowest BCUT2D eigenvalue weighted by Crippen LogP contribution is -2.38. The van der Waals surface area contributed by atoms with E-state index >= 15 is 0 Å². The summed E-state index contributed by atoms with van der Waals surface area (Å²) in [5.41, 5.74) is 1.93. The van der Waals surface area contributed by atoms with Crippen molar-refractivity contribution in [3.8, 4) is 0 Å². The number of esters is 1. The standard InChI is InChI=1S/C22H25NO4/c1-14(2)16(4)23-20(24)13-27-22(26)19-8-6-5-7-18(19)21(25)17-11-9-15(3)10-12-17/h5-12,14,16H,13H2,1-4H3,(H,23,24)/t16-/m1/s1. The van der Waals surface area contributed by atoms with Gasteiger partial charge in [0.15, 0.2) is 12.4 Å². The lowest BCUT2D eigenvalue weighted by atomic mass is 9.98. The first-order chi connectivity index (χ1) is 12.8. The highest BCUT2D eigenvalue weighted by atomic mass is 16.5.